The molecule has 2 aromatic rings. The van der Waals surface area contributed by atoms with Gasteiger partial charge in [-0.1, -0.05) is 29.8 Å². The third-order valence-electron chi connectivity index (χ3n) is 2.96. The van der Waals surface area contributed by atoms with Gasteiger partial charge in [0.2, 0.25) is 0 Å². The monoisotopic (exact) mass is 308 g/mol. The number of nitrogens with zero attached hydrogens (tertiary/aromatic N) is 1. The summed E-state index contributed by atoms with van der Waals surface area (Å²) in [5.74, 6) is 1.77. The van der Waals surface area contributed by atoms with Gasteiger partial charge in [-0.2, -0.15) is 0 Å². The number of hydrogen-bond acceptors (Lipinski definition) is 4. The third kappa shape index (κ3) is 3.88. The Morgan fingerprint density at radius 1 is 1.30 bits per heavy atom. The average molecular weight is 309 g/mol. The summed E-state index contributed by atoms with van der Waals surface area (Å²) in [6.45, 7) is 0. The lowest BCUT2D eigenvalue weighted by atomic mass is 10.1. The number of thioether (sulfide) groups is 1. The van der Waals surface area contributed by atoms with E-state index in [-0.39, 0.29) is 6.04 Å². The molecule has 0 aliphatic heterocycles. The normalized spacial score (nSPS) is 12.2. The lowest BCUT2D eigenvalue weighted by molar-refractivity contribution is 0.404. The van der Waals surface area contributed by atoms with E-state index >= 15 is 0 Å². The molecule has 0 radical (unpaired) electrons. The lowest BCUT2D eigenvalue weighted by Crippen LogP contribution is -2.19. The predicted molar refractivity (Wildman–Crippen MR) is 84.8 cm³/mol. The van der Waals surface area contributed by atoms with Gasteiger partial charge in [0.05, 0.1) is 17.2 Å². The maximum atomic E-state index is 5.84. The Morgan fingerprint density at radius 2 is 2.10 bits per heavy atom. The molecule has 0 amide bonds. The van der Waals surface area contributed by atoms with E-state index in [4.69, 9.17) is 16.3 Å². The van der Waals surface area contributed by atoms with Gasteiger partial charge in [-0.05, 0) is 25.2 Å². The molecule has 3 nitrogen and oxygen atoms in total. The second-order valence-electron chi connectivity index (χ2n) is 4.21. The van der Waals surface area contributed by atoms with Crippen molar-refractivity contribution in [2.24, 2.45) is 0 Å². The van der Waals surface area contributed by atoms with Gasteiger partial charge in [-0.15, -0.1) is 11.8 Å². The SMILES string of the molecule is CNC(CSc1ccc(Cl)cn1)c1ccccc1OC. The molecule has 106 valence electrons. The van der Waals surface area contributed by atoms with E-state index in [0.29, 0.717) is 5.02 Å². The number of para-hydroxylation sites is 1. The molecule has 1 N–H and O–H groups in total. The van der Waals surface area contributed by atoms with Gasteiger partial charge in [-0.3, -0.25) is 0 Å². The van der Waals surface area contributed by atoms with E-state index in [9.17, 15) is 0 Å². The van der Waals surface area contributed by atoms with Gasteiger partial charge in [0.15, 0.2) is 0 Å². The summed E-state index contributed by atoms with van der Waals surface area (Å²) < 4.78 is 5.41. The number of rotatable bonds is 6. The van der Waals surface area contributed by atoms with Crippen LogP contribution in [0.1, 0.15) is 11.6 Å². The summed E-state index contributed by atoms with van der Waals surface area (Å²) in [4.78, 5) is 4.29. The van der Waals surface area contributed by atoms with Crippen LogP contribution < -0.4 is 10.1 Å². The molecule has 0 fully saturated rings. The number of hydrogen-bond donors (Lipinski definition) is 1. The van der Waals surface area contributed by atoms with Gasteiger partial charge < -0.3 is 10.1 Å². The smallest absolute Gasteiger partial charge is 0.123 e. The molecule has 2 rings (SSSR count). The van der Waals surface area contributed by atoms with Crippen molar-refractivity contribution in [1.29, 1.82) is 0 Å². The number of ether oxygens (including phenoxy) is 1. The van der Waals surface area contributed by atoms with E-state index in [1.165, 1.54) is 0 Å². The van der Waals surface area contributed by atoms with Crippen LogP contribution in [0.3, 0.4) is 0 Å². The molecular weight excluding hydrogens is 292 g/mol. The maximum absolute atomic E-state index is 5.84. The summed E-state index contributed by atoms with van der Waals surface area (Å²) >= 11 is 7.52. The highest BCUT2D eigenvalue weighted by Gasteiger charge is 2.14. The highest BCUT2D eigenvalue weighted by molar-refractivity contribution is 7.99. The van der Waals surface area contributed by atoms with Crippen LogP contribution in [0.5, 0.6) is 5.75 Å². The molecule has 1 heterocycles. The van der Waals surface area contributed by atoms with Gasteiger partial charge >= 0.3 is 0 Å². The highest BCUT2D eigenvalue weighted by Crippen LogP contribution is 2.29. The quantitative estimate of drug-likeness (QED) is 0.823. The molecule has 1 aromatic heterocycles. The molecule has 1 unspecified atom stereocenters. The summed E-state index contributed by atoms with van der Waals surface area (Å²) in [5, 5.41) is 4.94. The van der Waals surface area contributed by atoms with E-state index in [1.807, 2.05) is 37.4 Å². The molecule has 20 heavy (non-hydrogen) atoms. The highest BCUT2D eigenvalue weighted by atomic mass is 35.5. The average Bonchev–Trinajstić information content (AvgIpc) is 2.50. The Hall–Kier alpha value is -1.23. The number of nitrogens with one attached hydrogen (secondary N) is 1. The summed E-state index contributed by atoms with van der Waals surface area (Å²) in [6.07, 6.45) is 1.67. The maximum Gasteiger partial charge on any atom is 0.123 e. The van der Waals surface area contributed by atoms with Crippen molar-refractivity contribution in [3.05, 3.63) is 53.2 Å². The second kappa shape index (κ2) is 7.53. The first-order valence-electron chi connectivity index (χ1n) is 6.29. The Morgan fingerprint density at radius 3 is 2.75 bits per heavy atom. The zero-order chi connectivity index (χ0) is 14.4. The Bertz CT molecular complexity index is 548. The molecular formula is C15H17ClN2OS. The minimum absolute atomic E-state index is 0.202. The van der Waals surface area contributed by atoms with Crippen molar-refractivity contribution in [1.82, 2.24) is 10.3 Å². The van der Waals surface area contributed by atoms with Crippen LogP contribution in [0.15, 0.2) is 47.6 Å². The van der Waals surface area contributed by atoms with Gasteiger partial charge in [-0.25, -0.2) is 4.98 Å². The molecule has 0 bridgehead atoms. The van der Waals surface area contributed by atoms with E-state index in [2.05, 4.69) is 16.4 Å². The number of pyridine rings is 1. The first kappa shape index (κ1) is 15.2. The van der Waals surface area contributed by atoms with Crippen LogP contribution in [-0.4, -0.2) is 24.9 Å². The van der Waals surface area contributed by atoms with Gasteiger partial charge in [0, 0.05) is 23.6 Å². The van der Waals surface area contributed by atoms with Crippen molar-refractivity contribution >= 4 is 23.4 Å². The lowest BCUT2D eigenvalue weighted by Gasteiger charge is -2.18. The topological polar surface area (TPSA) is 34.2 Å². The van der Waals surface area contributed by atoms with Crippen molar-refractivity contribution in [2.75, 3.05) is 19.9 Å². The zero-order valence-corrected chi connectivity index (χ0v) is 13.0. The van der Waals surface area contributed by atoms with E-state index < -0.39 is 0 Å². The molecule has 0 aliphatic rings. The molecule has 5 heteroatoms. The largest absolute Gasteiger partial charge is 0.496 e. The minimum Gasteiger partial charge on any atom is -0.496 e. The summed E-state index contributed by atoms with van der Waals surface area (Å²) in [7, 11) is 3.65. The van der Waals surface area contributed by atoms with E-state index in [1.54, 1.807) is 25.1 Å². The molecule has 0 saturated carbocycles. The number of halogens is 1. The van der Waals surface area contributed by atoms with Crippen LogP contribution in [0.2, 0.25) is 5.02 Å². The third-order valence-corrected chi connectivity index (χ3v) is 4.22. The van der Waals surface area contributed by atoms with Crippen LogP contribution in [0.25, 0.3) is 0 Å². The van der Waals surface area contributed by atoms with Crippen molar-refractivity contribution in [3.63, 3.8) is 0 Å². The first-order valence-corrected chi connectivity index (χ1v) is 7.65. The Kier molecular flexibility index (Phi) is 5.71. The Labute approximate surface area is 128 Å². The summed E-state index contributed by atoms with van der Waals surface area (Å²) in [6, 6.07) is 12.0. The van der Waals surface area contributed by atoms with Crippen molar-refractivity contribution < 1.29 is 4.74 Å². The first-order chi connectivity index (χ1) is 9.74. The van der Waals surface area contributed by atoms with Crippen LogP contribution in [0, 0.1) is 0 Å². The molecule has 1 aromatic carbocycles. The molecule has 0 saturated heterocycles. The van der Waals surface area contributed by atoms with Crippen molar-refractivity contribution in [3.8, 4) is 5.75 Å². The fourth-order valence-corrected chi connectivity index (χ4v) is 2.99. The van der Waals surface area contributed by atoms with E-state index in [0.717, 1.165) is 22.1 Å². The molecule has 0 aliphatic carbocycles. The number of benzene rings is 1. The van der Waals surface area contributed by atoms with Crippen LogP contribution >= 0.6 is 23.4 Å². The van der Waals surface area contributed by atoms with Crippen molar-refractivity contribution in [2.45, 2.75) is 11.1 Å². The standard InChI is InChI=1S/C15H17ClN2OS/c1-17-13(12-5-3-4-6-14(12)19-2)10-20-15-8-7-11(16)9-18-15/h3-9,13,17H,10H2,1-2H3. The number of methoxy groups -OCH3 is 1. The van der Waals surface area contributed by atoms with Crippen LogP contribution in [0.4, 0.5) is 0 Å². The van der Waals surface area contributed by atoms with Crippen LogP contribution in [-0.2, 0) is 0 Å². The zero-order valence-electron chi connectivity index (χ0n) is 11.5. The molecule has 1 atom stereocenters. The van der Waals surface area contributed by atoms with Gasteiger partial charge in [0.25, 0.3) is 0 Å². The second-order valence-corrected chi connectivity index (χ2v) is 5.69. The molecule has 0 spiro atoms. The fraction of sp³-hybridized carbons (Fsp3) is 0.267. The number of aromatic nitrogens is 1. The predicted octanol–water partition coefficient (Wildman–Crippen LogP) is 3.80. The minimum atomic E-state index is 0.202. The Balaban J connectivity index is 2.07. The van der Waals surface area contributed by atoms with Gasteiger partial charge in [0.1, 0.15) is 5.75 Å². The fourth-order valence-electron chi connectivity index (χ4n) is 1.90. The summed E-state index contributed by atoms with van der Waals surface area (Å²) in [5.41, 5.74) is 1.15.